The molecule has 1 saturated carbocycles. The SMILES string of the molecule is CNC(=O)C1CCCCN1C(=O)C1(C#N)CCC1. The van der Waals surface area contributed by atoms with Gasteiger partial charge in [0, 0.05) is 13.6 Å². The summed E-state index contributed by atoms with van der Waals surface area (Å²) < 4.78 is 0. The molecule has 0 spiro atoms. The lowest BCUT2D eigenvalue weighted by Gasteiger charge is -2.42. The van der Waals surface area contributed by atoms with Crippen LogP contribution in [0.1, 0.15) is 38.5 Å². The van der Waals surface area contributed by atoms with Gasteiger partial charge in [-0.2, -0.15) is 5.26 Å². The van der Waals surface area contributed by atoms with Crippen LogP contribution in [-0.2, 0) is 9.59 Å². The predicted octanol–water partition coefficient (Wildman–Crippen LogP) is 0.807. The Bertz CT molecular complexity index is 396. The lowest BCUT2D eigenvalue weighted by molar-refractivity contribution is -0.151. The van der Waals surface area contributed by atoms with Crippen molar-refractivity contribution in [3.63, 3.8) is 0 Å². The summed E-state index contributed by atoms with van der Waals surface area (Å²) in [5, 5.41) is 11.8. The van der Waals surface area contributed by atoms with E-state index in [0.717, 1.165) is 19.3 Å². The zero-order chi connectivity index (χ0) is 13.2. The van der Waals surface area contributed by atoms with Gasteiger partial charge in [0.25, 0.3) is 0 Å². The van der Waals surface area contributed by atoms with Crippen LogP contribution in [0.5, 0.6) is 0 Å². The second-order valence-electron chi connectivity index (χ2n) is 5.17. The molecular formula is C13H19N3O2. The predicted molar refractivity (Wildman–Crippen MR) is 65.3 cm³/mol. The van der Waals surface area contributed by atoms with Crippen LogP contribution in [0.2, 0.25) is 0 Å². The molecule has 1 atom stereocenters. The van der Waals surface area contributed by atoms with Crippen molar-refractivity contribution in [3.05, 3.63) is 0 Å². The Balaban J connectivity index is 2.16. The summed E-state index contributed by atoms with van der Waals surface area (Å²) in [6.45, 7) is 0.598. The minimum absolute atomic E-state index is 0.115. The number of likely N-dealkylation sites (N-methyl/N-ethyl adjacent to an activating group) is 1. The van der Waals surface area contributed by atoms with Crippen molar-refractivity contribution in [1.29, 1.82) is 5.26 Å². The van der Waals surface area contributed by atoms with Gasteiger partial charge in [0.05, 0.1) is 6.07 Å². The summed E-state index contributed by atoms with van der Waals surface area (Å²) in [6.07, 6.45) is 4.78. The Labute approximate surface area is 107 Å². The maximum Gasteiger partial charge on any atom is 0.243 e. The van der Waals surface area contributed by atoms with Gasteiger partial charge < -0.3 is 10.2 Å². The van der Waals surface area contributed by atoms with Gasteiger partial charge in [-0.1, -0.05) is 0 Å². The van der Waals surface area contributed by atoms with E-state index in [1.807, 2.05) is 0 Å². The van der Waals surface area contributed by atoms with E-state index < -0.39 is 5.41 Å². The minimum atomic E-state index is -0.844. The fraction of sp³-hybridized carbons (Fsp3) is 0.769. The molecule has 5 heteroatoms. The Morgan fingerprint density at radius 1 is 1.33 bits per heavy atom. The van der Waals surface area contributed by atoms with Gasteiger partial charge in [-0.3, -0.25) is 9.59 Å². The number of carbonyl (C=O) groups excluding carboxylic acids is 2. The molecule has 1 aliphatic carbocycles. The van der Waals surface area contributed by atoms with E-state index in [4.69, 9.17) is 0 Å². The highest BCUT2D eigenvalue weighted by Gasteiger charge is 2.49. The summed E-state index contributed by atoms with van der Waals surface area (Å²) in [6, 6.07) is 1.78. The molecule has 0 aromatic heterocycles. The maximum atomic E-state index is 12.5. The van der Waals surface area contributed by atoms with Crippen LogP contribution in [-0.4, -0.2) is 36.3 Å². The number of piperidine rings is 1. The van der Waals surface area contributed by atoms with Crippen molar-refractivity contribution in [3.8, 4) is 6.07 Å². The van der Waals surface area contributed by atoms with Gasteiger partial charge in [-0.15, -0.1) is 0 Å². The van der Waals surface area contributed by atoms with Crippen LogP contribution in [0.4, 0.5) is 0 Å². The molecule has 0 radical (unpaired) electrons. The summed E-state index contributed by atoms with van der Waals surface area (Å²) in [5.74, 6) is -0.250. The lowest BCUT2D eigenvalue weighted by Crippen LogP contribution is -2.56. The molecule has 2 fully saturated rings. The van der Waals surface area contributed by atoms with Gasteiger partial charge in [0.1, 0.15) is 11.5 Å². The summed E-state index contributed by atoms with van der Waals surface area (Å²) >= 11 is 0. The van der Waals surface area contributed by atoms with Gasteiger partial charge in [0.15, 0.2) is 0 Å². The van der Waals surface area contributed by atoms with E-state index in [9.17, 15) is 14.9 Å². The highest BCUT2D eigenvalue weighted by atomic mass is 16.2. The average molecular weight is 249 g/mol. The molecular weight excluding hydrogens is 230 g/mol. The first-order chi connectivity index (χ1) is 8.64. The lowest BCUT2D eigenvalue weighted by atomic mass is 9.68. The molecule has 2 amide bonds. The van der Waals surface area contributed by atoms with Gasteiger partial charge in [-0.05, 0) is 38.5 Å². The third-order valence-corrected chi connectivity index (χ3v) is 4.14. The first-order valence-corrected chi connectivity index (χ1v) is 6.58. The topological polar surface area (TPSA) is 73.2 Å². The van der Waals surface area contributed by atoms with Crippen molar-refractivity contribution < 1.29 is 9.59 Å². The standard InChI is InChI=1S/C13H19N3O2/c1-15-11(17)10-5-2-3-8-16(10)12(18)13(9-14)6-4-7-13/h10H,2-8H2,1H3,(H,15,17). The van der Waals surface area contributed by atoms with Crippen molar-refractivity contribution >= 4 is 11.8 Å². The van der Waals surface area contributed by atoms with Crippen molar-refractivity contribution in [2.75, 3.05) is 13.6 Å². The van der Waals surface area contributed by atoms with Crippen LogP contribution < -0.4 is 5.32 Å². The fourth-order valence-corrected chi connectivity index (χ4v) is 2.79. The van der Waals surface area contributed by atoms with E-state index in [-0.39, 0.29) is 17.9 Å². The van der Waals surface area contributed by atoms with Gasteiger partial charge in [-0.25, -0.2) is 0 Å². The Morgan fingerprint density at radius 3 is 2.56 bits per heavy atom. The normalized spacial score (nSPS) is 25.8. The Morgan fingerprint density at radius 2 is 2.06 bits per heavy atom. The molecule has 98 valence electrons. The molecule has 2 aliphatic rings. The zero-order valence-corrected chi connectivity index (χ0v) is 10.7. The summed E-state index contributed by atoms with van der Waals surface area (Å²) in [7, 11) is 1.59. The number of likely N-dealkylation sites (tertiary alicyclic amines) is 1. The van der Waals surface area contributed by atoms with Crippen molar-refractivity contribution in [1.82, 2.24) is 10.2 Å². The number of hydrogen-bond donors (Lipinski definition) is 1. The van der Waals surface area contributed by atoms with E-state index in [0.29, 0.717) is 25.8 Å². The van der Waals surface area contributed by atoms with E-state index >= 15 is 0 Å². The van der Waals surface area contributed by atoms with E-state index in [2.05, 4.69) is 11.4 Å². The minimum Gasteiger partial charge on any atom is -0.357 e. The average Bonchev–Trinajstić information content (AvgIpc) is 2.37. The largest absolute Gasteiger partial charge is 0.357 e. The van der Waals surface area contributed by atoms with Crippen LogP contribution in [0, 0.1) is 16.7 Å². The van der Waals surface area contributed by atoms with E-state index in [1.165, 1.54) is 0 Å². The van der Waals surface area contributed by atoms with Crippen LogP contribution in [0.25, 0.3) is 0 Å². The van der Waals surface area contributed by atoms with Crippen molar-refractivity contribution in [2.24, 2.45) is 5.41 Å². The molecule has 1 heterocycles. The summed E-state index contributed by atoms with van der Waals surface area (Å²) in [4.78, 5) is 25.9. The number of hydrogen-bond acceptors (Lipinski definition) is 3. The van der Waals surface area contributed by atoms with Crippen LogP contribution in [0.3, 0.4) is 0 Å². The molecule has 0 aromatic carbocycles. The van der Waals surface area contributed by atoms with Crippen LogP contribution in [0.15, 0.2) is 0 Å². The van der Waals surface area contributed by atoms with E-state index in [1.54, 1.807) is 11.9 Å². The number of carbonyl (C=O) groups is 2. The van der Waals surface area contributed by atoms with Gasteiger partial charge >= 0.3 is 0 Å². The molecule has 1 unspecified atom stereocenters. The monoisotopic (exact) mass is 249 g/mol. The number of rotatable bonds is 2. The number of nitrogens with zero attached hydrogens (tertiary/aromatic N) is 2. The second-order valence-corrected chi connectivity index (χ2v) is 5.17. The zero-order valence-electron chi connectivity index (χ0n) is 10.7. The molecule has 1 N–H and O–H groups in total. The smallest absolute Gasteiger partial charge is 0.243 e. The highest BCUT2D eigenvalue weighted by Crippen LogP contribution is 2.42. The quantitative estimate of drug-likeness (QED) is 0.787. The van der Waals surface area contributed by atoms with Gasteiger partial charge in [0.2, 0.25) is 11.8 Å². The summed E-state index contributed by atoms with van der Waals surface area (Å²) in [5.41, 5.74) is -0.844. The molecule has 0 bridgehead atoms. The number of nitriles is 1. The Hall–Kier alpha value is -1.57. The molecule has 18 heavy (non-hydrogen) atoms. The maximum absolute atomic E-state index is 12.5. The Kier molecular flexibility index (Phi) is 3.55. The number of nitrogens with one attached hydrogen (secondary N) is 1. The molecule has 2 rings (SSSR count). The molecule has 1 saturated heterocycles. The van der Waals surface area contributed by atoms with Crippen LogP contribution >= 0.6 is 0 Å². The third-order valence-electron chi connectivity index (χ3n) is 4.14. The van der Waals surface area contributed by atoms with Crippen molar-refractivity contribution in [2.45, 2.75) is 44.6 Å². The first kappa shape index (κ1) is 12.9. The molecule has 1 aliphatic heterocycles. The molecule has 0 aromatic rings. The second kappa shape index (κ2) is 4.97. The fourth-order valence-electron chi connectivity index (χ4n) is 2.79. The number of amides is 2. The third kappa shape index (κ3) is 1.96. The first-order valence-electron chi connectivity index (χ1n) is 6.58. The molecule has 5 nitrogen and oxygen atoms in total. The highest BCUT2D eigenvalue weighted by molar-refractivity contribution is 5.92.